The van der Waals surface area contributed by atoms with Crippen LogP contribution in [0.5, 0.6) is 0 Å². The summed E-state index contributed by atoms with van der Waals surface area (Å²) in [4.78, 5) is 2.35. The monoisotopic (exact) mass is 607 g/mol. The molecule has 10 rings (SSSR count). The van der Waals surface area contributed by atoms with Gasteiger partial charge >= 0.3 is 0 Å². The second-order valence-corrected chi connectivity index (χ2v) is 14.5. The fourth-order valence-electron chi connectivity index (χ4n) is 9.60. The second kappa shape index (κ2) is 11.7. The number of hydrogen-bond acceptors (Lipinski definition) is 1. The predicted molar refractivity (Wildman–Crippen MR) is 197 cm³/mol. The normalized spacial score (nSPS) is 22.7. The van der Waals surface area contributed by atoms with Crippen molar-refractivity contribution in [3.8, 4) is 33.4 Å². The molecule has 1 heteroatoms. The highest BCUT2D eigenvalue weighted by molar-refractivity contribution is 5.80. The molecule has 4 bridgehead atoms. The number of hydrogen-bond donors (Lipinski definition) is 0. The number of anilines is 3. The fraction of sp³-hybridized carbons (Fsp3) is 0.217. The second-order valence-electron chi connectivity index (χ2n) is 14.5. The molecule has 47 heavy (non-hydrogen) atoms. The minimum absolute atomic E-state index is 0.453. The molecule has 0 N–H and O–H groups in total. The van der Waals surface area contributed by atoms with Crippen LogP contribution in [0.1, 0.15) is 44.1 Å². The number of para-hydroxylation sites is 1. The smallest absolute Gasteiger partial charge is 0.0462 e. The third-order valence-electron chi connectivity index (χ3n) is 11.5. The maximum Gasteiger partial charge on any atom is 0.0462 e. The first-order valence-corrected chi connectivity index (χ1v) is 17.5. The van der Waals surface area contributed by atoms with Crippen LogP contribution < -0.4 is 4.90 Å². The van der Waals surface area contributed by atoms with Crippen molar-refractivity contribution in [2.45, 2.75) is 43.9 Å². The Morgan fingerprint density at radius 1 is 0.340 bits per heavy atom. The van der Waals surface area contributed by atoms with E-state index in [1.54, 1.807) is 5.56 Å². The van der Waals surface area contributed by atoms with Crippen LogP contribution in [0.25, 0.3) is 33.4 Å². The SMILES string of the molecule is c1ccc(-c2ccc(-c3ccc(N(c4ccccc4)c4ccc(-c5ccc(C67CC8CC(CC(C8)C6)C7)cc5)cc4)cc3)cc2)cc1. The Kier molecular flexibility index (Phi) is 7.08. The highest BCUT2D eigenvalue weighted by atomic mass is 15.1. The average molecular weight is 608 g/mol. The minimum Gasteiger partial charge on any atom is -0.311 e. The Morgan fingerprint density at radius 3 is 1.09 bits per heavy atom. The Hall–Kier alpha value is -4.88. The molecule has 0 atom stereocenters. The zero-order chi connectivity index (χ0) is 31.2. The Bertz CT molecular complexity index is 1920. The van der Waals surface area contributed by atoms with E-state index in [9.17, 15) is 0 Å². The van der Waals surface area contributed by atoms with Gasteiger partial charge in [0.1, 0.15) is 0 Å². The van der Waals surface area contributed by atoms with Crippen molar-refractivity contribution >= 4 is 17.1 Å². The Labute approximate surface area is 279 Å². The highest BCUT2D eigenvalue weighted by Gasteiger charge is 2.51. The molecule has 4 fully saturated rings. The van der Waals surface area contributed by atoms with Crippen molar-refractivity contribution in [1.82, 2.24) is 0 Å². The molecule has 6 aromatic rings. The van der Waals surface area contributed by atoms with Crippen LogP contribution in [0.15, 0.2) is 158 Å². The van der Waals surface area contributed by atoms with Gasteiger partial charge in [0.2, 0.25) is 0 Å². The van der Waals surface area contributed by atoms with Crippen molar-refractivity contribution in [1.29, 1.82) is 0 Å². The molecule has 0 aliphatic heterocycles. The van der Waals surface area contributed by atoms with E-state index >= 15 is 0 Å². The molecule has 0 unspecified atom stereocenters. The van der Waals surface area contributed by atoms with Crippen LogP contribution in [0, 0.1) is 17.8 Å². The summed E-state index contributed by atoms with van der Waals surface area (Å²) in [6, 6.07) is 57.9. The van der Waals surface area contributed by atoms with Crippen molar-refractivity contribution in [3.05, 3.63) is 163 Å². The predicted octanol–water partition coefficient (Wildman–Crippen LogP) is 12.6. The zero-order valence-electron chi connectivity index (χ0n) is 26.9. The first kappa shape index (κ1) is 28.4. The summed E-state index contributed by atoms with van der Waals surface area (Å²) in [6.45, 7) is 0. The molecule has 0 aromatic heterocycles. The van der Waals surface area contributed by atoms with Gasteiger partial charge in [-0.1, -0.05) is 121 Å². The van der Waals surface area contributed by atoms with Gasteiger partial charge in [0.05, 0.1) is 0 Å². The highest BCUT2D eigenvalue weighted by Crippen LogP contribution is 2.60. The summed E-state index contributed by atoms with van der Waals surface area (Å²) in [5.41, 5.74) is 13.0. The van der Waals surface area contributed by atoms with Crippen LogP contribution in [0.4, 0.5) is 17.1 Å². The van der Waals surface area contributed by atoms with E-state index in [0.717, 1.165) is 34.8 Å². The molecule has 6 aromatic carbocycles. The molecular weight excluding hydrogens is 567 g/mol. The van der Waals surface area contributed by atoms with E-state index in [-0.39, 0.29) is 0 Å². The Balaban J connectivity index is 0.967. The van der Waals surface area contributed by atoms with Gasteiger partial charge in [0.15, 0.2) is 0 Å². The molecule has 4 aliphatic carbocycles. The van der Waals surface area contributed by atoms with Crippen LogP contribution in [-0.2, 0) is 5.41 Å². The third-order valence-corrected chi connectivity index (χ3v) is 11.5. The molecule has 0 spiro atoms. The van der Waals surface area contributed by atoms with E-state index < -0.39 is 0 Å². The summed E-state index contributed by atoms with van der Waals surface area (Å²) >= 11 is 0. The van der Waals surface area contributed by atoms with Gasteiger partial charge in [0.25, 0.3) is 0 Å². The molecular formula is C46H41N. The third kappa shape index (κ3) is 5.38. The van der Waals surface area contributed by atoms with Crippen LogP contribution >= 0.6 is 0 Å². The van der Waals surface area contributed by atoms with Crippen LogP contribution in [0.2, 0.25) is 0 Å². The van der Waals surface area contributed by atoms with Crippen LogP contribution in [-0.4, -0.2) is 0 Å². The average Bonchev–Trinajstić information content (AvgIpc) is 3.13. The van der Waals surface area contributed by atoms with Gasteiger partial charge in [-0.2, -0.15) is 0 Å². The van der Waals surface area contributed by atoms with Crippen LogP contribution in [0.3, 0.4) is 0 Å². The summed E-state index contributed by atoms with van der Waals surface area (Å²) < 4.78 is 0. The largest absolute Gasteiger partial charge is 0.311 e. The first-order chi connectivity index (χ1) is 23.2. The van der Waals surface area contributed by atoms with E-state index in [1.165, 1.54) is 71.9 Å². The molecule has 4 saturated carbocycles. The molecule has 0 heterocycles. The van der Waals surface area contributed by atoms with E-state index in [0.29, 0.717) is 5.41 Å². The van der Waals surface area contributed by atoms with Gasteiger partial charge in [-0.15, -0.1) is 0 Å². The number of nitrogens with zero attached hydrogens (tertiary/aromatic N) is 1. The molecule has 0 amide bonds. The van der Waals surface area contributed by atoms with Gasteiger partial charge in [-0.3, -0.25) is 0 Å². The lowest BCUT2D eigenvalue weighted by molar-refractivity contribution is -0.00518. The van der Waals surface area contributed by atoms with Crippen molar-refractivity contribution in [2.24, 2.45) is 17.8 Å². The van der Waals surface area contributed by atoms with Crippen molar-refractivity contribution < 1.29 is 0 Å². The van der Waals surface area contributed by atoms with Crippen molar-refractivity contribution in [2.75, 3.05) is 4.90 Å². The molecule has 0 saturated heterocycles. The number of benzene rings is 6. The maximum atomic E-state index is 2.46. The Morgan fingerprint density at radius 2 is 0.660 bits per heavy atom. The maximum absolute atomic E-state index is 2.46. The summed E-state index contributed by atoms with van der Waals surface area (Å²) in [7, 11) is 0. The summed E-state index contributed by atoms with van der Waals surface area (Å²) in [5.74, 6) is 2.93. The molecule has 230 valence electrons. The molecule has 0 radical (unpaired) electrons. The topological polar surface area (TPSA) is 3.24 Å². The quantitative estimate of drug-likeness (QED) is 0.174. The zero-order valence-corrected chi connectivity index (χ0v) is 26.9. The summed E-state index contributed by atoms with van der Waals surface area (Å²) in [5, 5.41) is 0. The summed E-state index contributed by atoms with van der Waals surface area (Å²) in [6.07, 6.45) is 8.75. The van der Waals surface area contributed by atoms with Gasteiger partial charge in [0, 0.05) is 17.1 Å². The standard InChI is InChI=1S/C46H41N/c1-3-7-36(8-4-1)37-11-13-38(14-12-37)40-17-23-44(24-18-40)47(43-9-5-2-6-10-43)45-25-19-41(20-26-45)39-15-21-42(22-16-39)46-30-33-27-34(31-46)29-35(28-33)32-46/h1-26,33-35H,27-32H2. The molecule has 1 nitrogen and oxygen atoms in total. The molecule has 4 aliphatic rings. The number of rotatable bonds is 7. The van der Waals surface area contributed by atoms with E-state index in [1.807, 2.05) is 0 Å². The lowest BCUT2D eigenvalue weighted by Gasteiger charge is -2.57. The van der Waals surface area contributed by atoms with Gasteiger partial charge in [-0.05, 0) is 137 Å². The van der Waals surface area contributed by atoms with Gasteiger partial charge in [-0.25, -0.2) is 0 Å². The lowest BCUT2D eigenvalue weighted by Crippen LogP contribution is -2.48. The van der Waals surface area contributed by atoms with Crippen molar-refractivity contribution in [3.63, 3.8) is 0 Å². The first-order valence-electron chi connectivity index (χ1n) is 17.5. The van der Waals surface area contributed by atoms with E-state index in [2.05, 4.69) is 163 Å². The van der Waals surface area contributed by atoms with Gasteiger partial charge < -0.3 is 4.90 Å². The van der Waals surface area contributed by atoms with E-state index in [4.69, 9.17) is 0 Å². The lowest BCUT2D eigenvalue weighted by atomic mass is 9.48. The minimum atomic E-state index is 0.453. The fourth-order valence-corrected chi connectivity index (χ4v) is 9.60.